The Balaban J connectivity index is 1.71. The van der Waals surface area contributed by atoms with E-state index in [-0.39, 0.29) is 12.5 Å². The molecule has 0 aromatic heterocycles. The van der Waals surface area contributed by atoms with Gasteiger partial charge in [0.2, 0.25) is 5.91 Å². The van der Waals surface area contributed by atoms with Gasteiger partial charge in [-0.3, -0.25) is 4.79 Å². The quantitative estimate of drug-likeness (QED) is 0.831. The van der Waals surface area contributed by atoms with Crippen LogP contribution in [0.1, 0.15) is 0 Å². The third-order valence-electron chi connectivity index (χ3n) is 3.42. The first-order valence-corrected chi connectivity index (χ1v) is 7.80. The normalized spacial score (nSPS) is 13.2. The number of ether oxygens (including phenoxy) is 1. The van der Waals surface area contributed by atoms with Crippen molar-refractivity contribution in [2.75, 3.05) is 35.6 Å². The molecule has 3 N–H and O–H groups in total. The number of carbonyl (C=O) groups excluding carboxylic acids is 1. The smallest absolute Gasteiger partial charge is 0.243 e. The Bertz CT molecular complexity index is 732. The first-order chi connectivity index (χ1) is 11.0. The van der Waals surface area contributed by atoms with Crippen LogP contribution in [0.15, 0.2) is 36.4 Å². The van der Waals surface area contributed by atoms with Gasteiger partial charge in [0.1, 0.15) is 12.4 Å². The maximum Gasteiger partial charge on any atom is 0.243 e. The molecule has 0 radical (unpaired) electrons. The summed E-state index contributed by atoms with van der Waals surface area (Å²) in [5.41, 5.74) is 7.80. The molecule has 120 valence electrons. The second-order valence-corrected chi connectivity index (χ2v) is 6.08. The summed E-state index contributed by atoms with van der Waals surface area (Å²) in [6, 6.07) is 10.3. The van der Waals surface area contributed by atoms with Crippen LogP contribution in [0.2, 0.25) is 10.0 Å². The van der Waals surface area contributed by atoms with Crippen molar-refractivity contribution < 1.29 is 9.53 Å². The number of hydrogen-bond acceptors (Lipinski definition) is 4. The van der Waals surface area contributed by atoms with Gasteiger partial charge in [-0.05, 0) is 30.3 Å². The fourth-order valence-electron chi connectivity index (χ4n) is 2.46. The molecule has 1 aliphatic rings. The molecule has 1 amide bonds. The minimum absolute atomic E-state index is 0.159. The number of hydrogen-bond donors (Lipinski definition) is 2. The summed E-state index contributed by atoms with van der Waals surface area (Å²) >= 11 is 11.9. The predicted octanol–water partition coefficient (Wildman–Crippen LogP) is 3.41. The van der Waals surface area contributed by atoms with E-state index in [9.17, 15) is 4.79 Å². The van der Waals surface area contributed by atoms with E-state index < -0.39 is 0 Å². The fraction of sp³-hybridized carbons (Fsp3) is 0.188. The molecule has 5 nitrogen and oxygen atoms in total. The second-order valence-electron chi connectivity index (χ2n) is 5.20. The van der Waals surface area contributed by atoms with Gasteiger partial charge >= 0.3 is 0 Å². The van der Waals surface area contributed by atoms with Crippen LogP contribution >= 0.6 is 23.2 Å². The average Bonchev–Trinajstić information content (AvgIpc) is 2.45. The van der Waals surface area contributed by atoms with Crippen LogP contribution in [-0.2, 0) is 4.79 Å². The van der Waals surface area contributed by atoms with Crippen molar-refractivity contribution in [1.82, 2.24) is 0 Å². The van der Waals surface area contributed by atoms with E-state index in [0.717, 1.165) is 5.69 Å². The number of carbonyl (C=O) groups is 1. The highest BCUT2D eigenvalue weighted by molar-refractivity contribution is 6.35. The molecule has 2 aromatic carbocycles. The average molecular weight is 352 g/mol. The third kappa shape index (κ3) is 3.81. The number of nitrogen functional groups attached to an aromatic ring is 1. The molecule has 1 heterocycles. The van der Waals surface area contributed by atoms with E-state index >= 15 is 0 Å². The second kappa shape index (κ2) is 6.56. The lowest BCUT2D eigenvalue weighted by atomic mass is 10.2. The van der Waals surface area contributed by atoms with Crippen LogP contribution in [0.25, 0.3) is 0 Å². The third-order valence-corrected chi connectivity index (χ3v) is 3.86. The fourth-order valence-corrected chi connectivity index (χ4v) is 2.98. The van der Waals surface area contributed by atoms with E-state index in [2.05, 4.69) is 5.32 Å². The largest absolute Gasteiger partial charge is 0.489 e. The van der Waals surface area contributed by atoms with Crippen molar-refractivity contribution in [2.45, 2.75) is 0 Å². The number of nitrogens with zero attached hydrogens (tertiary/aromatic N) is 1. The maximum atomic E-state index is 12.3. The molecule has 0 spiro atoms. The first-order valence-electron chi connectivity index (χ1n) is 7.04. The summed E-state index contributed by atoms with van der Waals surface area (Å²) in [5.74, 6) is 0.530. The summed E-state index contributed by atoms with van der Waals surface area (Å²) < 4.78 is 5.58. The lowest BCUT2D eigenvalue weighted by molar-refractivity contribution is -0.115. The van der Waals surface area contributed by atoms with Crippen molar-refractivity contribution in [2.24, 2.45) is 0 Å². The number of anilines is 3. The molecule has 0 saturated carbocycles. The minimum atomic E-state index is -0.159. The Hall–Kier alpha value is -2.11. The molecule has 0 bridgehead atoms. The Morgan fingerprint density at radius 1 is 1.22 bits per heavy atom. The number of benzene rings is 2. The highest BCUT2D eigenvalue weighted by atomic mass is 35.5. The Labute approximate surface area is 143 Å². The van der Waals surface area contributed by atoms with Crippen molar-refractivity contribution in [3.05, 3.63) is 46.4 Å². The first kappa shape index (κ1) is 15.8. The highest BCUT2D eigenvalue weighted by Crippen LogP contribution is 2.33. The van der Waals surface area contributed by atoms with Gasteiger partial charge in [0, 0.05) is 27.5 Å². The van der Waals surface area contributed by atoms with Gasteiger partial charge in [-0.15, -0.1) is 0 Å². The maximum absolute atomic E-state index is 12.3. The summed E-state index contributed by atoms with van der Waals surface area (Å²) in [6.45, 7) is 1.33. The molecule has 0 atom stereocenters. The number of halogens is 2. The molecule has 23 heavy (non-hydrogen) atoms. The summed E-state index contributed by atoms with van der Waals surface area (Å²) in [7, 11) is 0. The van der Waals surface area contributed by atoms with E-state index in [0.29, 0.717) is 40.3 Å². The van der Waals surface area contributed by atoms with Crippen LogP contribution in [0.4, 0.5) is 17.1 Å². The zero-order valence-corrected chi connectivity index (χ0v) is 13.7. The van der Waals surface area contributed by atoms with Crippen LogP contribution < -0.4 is 20.7 Å². The Kier molecular flexibility index (Phi) is 4.50. The highest BCUT2D eigenvalue weighted by Gasteiger charge is 2.20. The van der Waals surface area contributed by atoms with Crippen LogP contribution in [0.3, 0.4) is 0 Å². The molecule has 2 aromatic rings. The van der Waals surface area contributed by atoms with Crippen molar-refractivity contribution >= 4 is 46.2 Å². The van der Waals surface area contributed by atoms with Gasteiger partial charge in [-0.25, -0.2) is 0 Å². The Morgan fingerprint density at radius 2 is 1.96 bits per heavy atom. The van der Waals surface area contributed by atoms with Crippen molar-refractivity contribution in [3.63, 3.8) is 0 Å². The van der Waals surface area contributed by atoms with Crippen LogP contribution in [0.5, 0.6) is 5.75 Å². The SMILES string of the molecule is Nc1ccc2c(c1)OCCN2CC(=O)Nc1cc(Cl)cc(Cl)c1. The van der Waals surface area contributed by atoms with Gasteiger partial charge in [-0.1, -0.05) is 23.2 Å². The number of fused-ring (bicyclic) bond motifs is 1. The molecule has 3 rings (SSSR count). The van der Waals surface area contributed by atoms with Crippen LogP contribution in [0, 0.1) is 0 Å². The predicted molar refractivity (Wildman–Crippen MR) is 93.7 cm³/mol. The monoisotopic (exact) mass is 351 g/mol. The lowest BCUT2D eigenvalue weighted by Gasteiger charge is -2.30. The molecule has 0 unspecified atom stereocenters. The van der Waals surface area contributed by atoms with E-state index in [4.69, 9.17) is 33.7 Å². The molecule has 7 heteroatoms. The Morgan fingerprint density at radius 3 is 2.70 bits per heavy atom. The zero-order chi connectivity index (χ0) is 16.4. The van der Waals surface area contributed by atoms with Gasteiger partial charge in [-0.2, -0.15) is 0 Å². The molecule has 0 aliphatic carbocycles. The molecular formula is C16H15Cl2N3O2. The topological polar surface area (TPSA) is 67.6 Å². The van der Waals surface area contributed by atoms with Gasteiger partial charge < -0.3 is 20.7 Å². The standard InChI is InChI=1S/C16H15Cl2N3O2/c17-10-5-11(18)7-13(6-10)20-16(22)9-21-3-4-23-15-8-12(19)1-2-14(15)21/h1-2,5-8H,3-4,9,19H2,(H,20,22). The van der Waals surface area contributed by atoms with E-state index in [1.165, 1.54) is 0 Å². The molecule has 0 saturated heterocycles. The molecule has 1 aliphatic heterocycles. The number of nitrogens with two attached hydrogens (primary N) is 1. The van der Waals surface area contributed by atoms with Gasteiger partial charge in [0.15, 0.2) is 0 Å². The summed E-state index contributed by atoms with van der Waals surface area (Å²) in [6.07, 6.45) is 0. The van der Waals surface area contributed by atoms with Crippen molar-refractivity contribution in [1.29, 1.82) is 0 Å². The van der Waals surface area contributed by atoms with Crippen LogP contribution in [-0.4, -0.2) is 25.6 Å². The van der Waals surface area contributed by atoms with E-state index in [1.54, 1.807) is 30.3 Å². The minimum Gasteiger partial charge on any atom is -0.489 e. The van der Waals surface area contributed by atoms with Gasteiger partial charge in [0.05, 0.1) is 18.8 Å². The molecule has 0 fully saturated rings. The summed E-state index contributed by atoms with van der Waals surface area (Å²) in [4.78, 5) is 14.2. The number of amides is 1. The zero-order valence-electron chi connectivity index (χ0n) is 12.2. The molecular weight excluding hydrogens is 337 g/mol. The van der Waals surface area contributed by atoms with Gasteiger partial charge in [0.25, 0.3) is 0 Å². The number of nitrogens with one attached hydrogen (secondary N) is 1. The number of rotatable bonds is 3. The van der Waals surface area contributed by atoms with Crippen molar-refractivity contribution in [3.8, 4) is 5.75 Å². The lowest BCUT2D eigenvalue weighted by Crippen LogP contribution is -2.38. The summed E-state index contributed by atoms with van der Waals surface area (Å²) in [5, 5.41) is 3.74. The van der Waals surface area contributed by atoms with E-state index in [1.807, 2.05) is 11.0 Å².